The molecular weight excluding hydrogens is 300 g/mol. The van der Waals surface area contributed by atoms with E-state index in [1.54, 1.807) is 0 Å². The summed E-state index contributed by atoms with van der Waals surface area (Å²) in [6.07, 6.45) is 0.656. The van der Waals surface area contributed by atoms with Crippen molar-refractivity contribution in [2.45, 2.75) is 20.3 Å². The Morgan fingerprint density at radius 2 is 1.75 bits per heavy atom. The third-order valence-corrected chi connectivity index (χ3v) is 5.40. The Kier molecular flexibility index (Phi) is 5.74. The van der Waals surface area contributed by atoms with Crippen LogP contribution in [0.5, 0.6) is 0 Å². The van der Waals surface area contributed by atoms with Crippen molar-refractivity contribution in [3.63, 3.8) is 0 Å². The van der Waals surface area contributed by atoms with E-state index >= 15 is 0 Å². The van der Waals surface area contributed by atoms with E-state index < -0.39 is 0 Å². The number of anilines is 1. The lowest BCUT2D eigenvalue weighted by Gasteiger charge is -2.37. The Hall–Kier alpha value is -1.59. The highest BCUT2D eigenvalue weighted by Gasteiger charge is 2.21. The van der Waals surface area contributed by atoms with Gasteiger partial charge >= 0.3 is 0 Å². The quantitative estimate of drug-likeness (QED) is 0.902. The van der Waals surface area contributed by atoms with Crippen LogP contribution in [0, 0.1) is 13.8 Å². The first kappa shape index (κ1) is 17.2. The number of carbonyl (C=O) groups excluding carboxylic acids is 1. The molecule has 5 heteroatoms. The van der Waals surface area contributed by atoms with Gasteiger partial charge in [-0.1, -0.05) is 12.1 Å². The van der Waals surface area contributed by atoms with Gasteiger partial charge in [-0.2, -0.15) is 0 Å². The fraction of sp³-hybridized carbons (Fsp3) is 0.632. The molecule has 0 aromatic heterocycles. The molecule has 1 N–H and O–H groups in total. The fourth-order valence-corrected chi connectivity index (χ4v) is 3.62. The van der Waals surface area contributed by atoms with Crippen LogP contribution in [0.15, 0.2) is 18.2 Å². The standard InChI is InChI=1S/C19H30N4O/c1-16-4-3-5-18(17(16)2)22-14-12-21(13-15-22)9-6-19(24)23-10-7-20-8-11-23/h3-5,20H,6-15H2,1-2H3. The lowest BCUT2D eigenvalue weighted by Crippen LogP contribution is -2.49. The number of benzene rings is 1. The van der Waals surface area contributed by atoms with Crippen LogP contribution in [-0.4, -0.2) is 74.6 Å². The average molecular weight is 330 g/mol. The molecule has 2 heterocycles. The van der Waals surface area contributed by atoms with E-state index in [9.17, 15) is 4.79 Å². The first-order valence-corrected chi connectivity index (χ1v) is 9.17. The predicted octanol–water partition coefficient (Wildman–Crippen LogP) is 1.25. The van der Waals surface area contributed by atoms with Gasteiger partial charge in [0.1, 0.15) is 0 Å². The summed E-state index contributed by atoms with van der Waals surface area (Å²) in [5.74, 6) is 0.313. The van der Waals surface area contributed by atoms with Gasteiger partial charge in [0.2, 0.25) is 5.91 Å². The van der Waals surface area contributed by atoms with Crippen LogP contribution >= 0.6 is 0 Å². The molecular formula is C19H30N4O. The summed E-state index contributed by atoms with van der Waals surface area (Å²) in [5, 5.41) is 3.29. The minimum atomic E-state index is 0.313. The molecule has 5 nitrogen and oxygen atoms in total. The molecule has 0 spiro atoms. The zero-order valence-corrected chi connectivity index (χ0v) is 15.1. The van der Waals surface area contributed by atoms with E-state index in [4.69, 9.17) is 0 Å². The molecule has 2 aliphatic heterocycles. The SMILES string of the molecule is Cc1cccc(N2CCN(CCC(=O)N3CCNCC3)CC2)c1C. The van der Waals surface area contributed by atoms with Crippen molar-refractivity contribution in [3.8, 4) is 0 Å². The lowest BCUT2D eigenvalue weighted by atomic mass is 10.1. The monoisotopic (exact) mass is 330 g/mol. The Bertz CT molecular complexity index is 560. The van der Waals surface area contributed by atoms with Gasteiger partial charge in [-0.25, -0.2) is 0 Å². The van der Waals surface area contributed by atoms with Crippen molar-refractivity contribution in [2.75, 3.05) is 63.8 Å². The van der Waals surface area contributed by atoms with Gasteiger partial charge in [-0.3, -0.25) is 9.69 Å². The summed E-state index contributed by atoms with van der Waals surface area (Å²) in [6, 6.07) is 6.55. The summed E-state index contributed by atoms with van der Waals surface area (Å²) >= 11 is 0. The van der Waals surface area contributed by atoms with Gasteiger partial charge in [-0.05, 0) is 31.0 Å². The summed E-state index contributed by atoms with van der Waals surface area (Å²) < 4.78 is 0. The number of nitrogens with zero attached hydrogens (tertiary/aromatic N) is 3. The normalized spacial score (nSPS) is 19.6. The molecule has 2 fully saturated rings. The average Bonchev–Trinajstić information content (AvgIpc) is 2.63. The van der Waals surface area contributed by atoms with E-state index in [2.05, 4.69) is 47.2 Å². The molecule has 1 aromatic rings. The van der Waals surface area contributed by atoms with Crippen LogP contribution in [0.3, 0.4) is 0 Å². The smallest absolute Gasteiger partial charge is 0.223 e. The number of rotatable bonds is 4. The van der Waals surface area contributed by atoms with E-state index in [-0.39, 0.29) is 0 Å². The molecule has 2 aliphatic rings. The van der Waals surface area contributed by atoms with Gasteiger partial charge in [0.25, 0.3) is 0 Å². The molecule has 0 atom stereocenters. The van der Waals surface area contributed by atoms with Crippen LogP contribution in [0.4, 0.5) is 5.69 Å². The molecule has 1 aromatic carbocycles. The van der Waals surface area contributed by atoms with Crippen LogP contribution < -0.4 is 10.2 Å². The molecule has 0 unspecified atom stereocenters. The van der Waals surface area contributed by atoms with Crippen LogP contribution in [0.2, 0.25) is 0 Å². The third kappa shape index (κ3) is 4.08. The number of nitrogens with one attached hydrogen (secondary N) is 1. The molecule has 3 rings (SSSR count). The highest BCUT2D eigenvalue weighted by molar-refractivity contribution is 5.76. The minimum absolute atomic E-state index is 0.313. The first-order chi connectivity index (χ1) is 11.6. The van der Waals surface area contributed by atoms with Crippen LogP contribution in [-0.2, 0) is 4.79 Å². The Morgan fingerprint density at radius 3 is 2.46 bits per heavy atom. The summed E-state index contributed by atoms with van der Waals surface area (Å²) in [6.45, 7) is 13.0. The zero-order valence-electron chi connectivity index (χ0n) is 15.1. The maximum Gasteiger partial charge on any atom is 0.223 e. The second-order valence-corrected chi connectivity index (χ2v) is 6.93. The topological polar surface area (TPSA) is 38.8 Å². The van der Waals surface area contributed by atoms with E-state index in [1.165, 1.54) is 16.8 Å². The van der Waals surface area contributed by atoms with Crippen LogP contribution in [0.1, 0.15) is 17.5 Å². The van der Waals surface area contributed by atoms with Crippen molar-refractivity contribution >= 4 is 11.6 Å². The fourth-order valence-electron chi connectivity index (χ4n) is 3.62. The van der Waals surface area contributed by atoms with Crippen molar-refractivity contribution in [1.29, 1.82) is 0 Å². The lowest BCUT2D eigenvalue weighted by molar-refractivity contribution is -0.132. The Labute approximate surface area is 145 Å². The van der Waals surface area contributed by atoms with E-state index in [0.29, 0.717) is 12.3 Å². The first-order valence-electron chi connectivity index (χ1n) is 9.17. The summed E-state index contributed by atoms with van der Waals surface area (Å²) in [4.78, 5) is 19.2. The van der Waals surface area contributed by atoms with E-state index in [1.807, 2.05) is 4.90 Å². The summed E-state index contributed by atoms with van der Waals surface area (Å²) in [5.41, 5.74) is 4.11. The van der Waals surface area contributed by atoms with Gasteiger partial charge in [-0.15, -0.1) is 0 Å². The number of hydrogen-bond donors (Lipinski definition) is 1. The number of hydrogen-bond acceptors (Lipinski definition) is 4. The third-order valence-electron chi connectivity index (χ3n) is 5.40. The number of carbonyl (C=O) groups is 1. The largest absolute Gasteiger partial charge is 0.369 e. The van der Waals surface area contributed by atoms with Crippen molar-refractivity contribution in [2.24, 2.45) is 0 Å². The Balaban J connectivity index is 1.45. The molecule has 0 radical (unpaired) electrons. The maximum absolute atomic E-state index is 12.3. The maximum atomic E-state index is 12.3. The highest BCUT2D eigenvalue weighted by atomic mass is 16.2. The van der Waals surface area contributed by atoms with Crippen molar-refractivity contribution in [1.82, 2.24) is 15.1 Å². The zero-order chi connectivity index (χ0) is 16.9. The van der Waals surface area contributed by atoms with Crippen LogP contribution in [0.25, 0.3) is 0 Å². The number of aryl methyl sites for hydroxylation is 1. The van der Waals surface area contributed by atoms with Crippen molar-refractivity contribution < 1.29 is 4.79 Å². The number of piperazine rings is 2. The Morgan fingerprint density at radius 1 is 1.04 bits per heavy atom. The second kappa shape index (κ2) is 7.99. The van der Waals surface area contributed by atoms with Gasteiger partial charge in [0.05, 0.1) is 0 Å². The number of amides is 1. The summed E-state index contributed by atoms with van der Waals surface area (Å²) in [7, 11) is 0. The molecule has 24 heavy (non-hydrogen) atoms. The molecule has 0 saturated carbocycles. The second-order valence-electron chi connectivity index (χ2n) is 6.93. The van der Waals surface area contributed by atoms with Gasteiger partial charge in [0.15, 0.2) is 0 Å². The minimum Gasteiger partial charge on any atom is -0.369 e. The molecule has 2 saturated heterocycles. The molecule has 1 amide bonds. The molecule has 132 valence electrons. The highest BCUT2D eigenvalue weighted by Crippen LogP contribution is 2.23. The molecule has 0 aliphatic carbocycles. The molecule has 0 bridgehead atoms. The van der Waals surface area contributed by atoms with Gasteiger partial charge < -0.3 is 15.1 Å². The van der Waals surface area contributed by atoms with Gasteiger partial charge in [0, 0.05) is 71.0 Å². The predicted molar refractivity (Wildman–Crippen MR) is 98.6 cm³/mol. The van der Waals surface area contributed by atoms with Crippen molar-refractivity contribution in [3.05, 3.63) is 29.3 Å². The van der Waals surface area contributed by atoms with E-state index in [0.717, 1.165) is 58.9 Å².